The zero-order valence-corrected chi connectivity index (χ0v) is 15.7. The predicted octanol–water partition coefficient (Wildman–Crippen LogP) is 4.46. The fraction of sp³-hybridized carbons (Fsp3) is 0.300. The first-order valence-corrected chi connectivity index (χ1v) is 9.41. The van der Waals surface area contributed by atoms with Gasteiger partial charge < -0.3 is 10.6 Å². The van der Waals surface area contributed by atoms with Gasteiger partial charge in [-0.3, -0.25) is 9.59 Å². The average molecular weight is 391 g/mol. The van der Waals surface area contributed by atoms with E-state index in [9.17, 15) is 9.59 Å². The SMILES string of the molecule is O=C(NC1CCC(NC(=O)c2ccccc2Cl)CC1)c1ccccc1Cl. The summed E-state index contributed by atoms with van der Waals surface area (Å²) in [5, 5.41) is 6.97. The standard InChI is InChI=1S/C20H20Cl2N2O2/c21-17-7-3-1-5-15(17)19(25)23-13-9-11-14(12-10-13)24-20(26)16-6-2-4-8-18(16)22/h1-8,13-14H,9-12H2,(H,23,25)(H,24,26). The molecule has 2 aromatic rings. The van der Waals surface area contributed by atoms with E-state index in [1.807, 2.05) is 0 Å². The maximum Gasteiger partial charge on any atom is 0.253 e. The lowest BCUT2D eigenvalue weighted by Crippen LogP contribution is -2.43. The van der Waals surface area contributed by atoms with Crippen molar-refractivity contribution < 1.29 is 9.59 Å². The first-order chi connectivity index (χ1) is 12.5. The van der Waals surface area contributed by atoms with Crippen molar-refractivity contribution >= 4 is 35.0 Å². The van der Waals surface area contributed by atoms with E-state index >= 15 is 0 Å². The molecule has 2 amide bonds. The Morgan fingerprint density at radius 3 is 1.38 bits per heavy atom. The highest BCUT2D eigenvalue weighted by molar-refractivity contribution is 6.34. The minimum atomic E-state index is -0.154. The van der Waals surface area contributed by atoms with Gasteiger partial charge in [-0.2, -0.15) is 0 Å². The lowest BCUT2D eigenvalue weighted by atomic mass is 9.90. The lowest BCUT2D eigenvalue weighted by molar-refractivity contribution is 0.0892. The molecule has 0 spiro atoms. The van der Waals surface area contributed by atoms with E-state index in [0.29, 0.717) is 21.2 Å². The van der Waals surface area contributed by atoms with Gasteiger partial charge in [-0.1, -0.05) is 47.5 Å². The molecule has 0 atom stereocenters. The molecule has 0 heterocycles. The van der Waals surface area contributed by atoms with Crippen molar-refractivity contribution in [3.05, 3.63) is 69.7 Å². The van der Waals surface area contributed by atoms with Crippen molar-refractivity contribution in [2.24, 2.45) is 0 Å². The smallest absolute Gasteiger partial charge is 0.253 e. The van der Waals surface area contributed by atoms with Crippen LogP contribution in [0.1, 0.15) is 46.4 Å². The molecule has 2 N–H and O–H groups in total. The number of amides is 2. The third-order valence-electron chi connectivity index (χ3n) is 4.63. The molecule has 0 aromatic heterocycles. The molecule has 0 bridgehead atoms. The summed E-state index contributed by atoms with van der Waals surface area (Å²) in [6, 6.07) is 14.2. The zero-order chi connectivity index (χ0) is 18.5. The van der Waals surface area contributed by atoms with Gasteiger partial charge in [-0.15, -0.1) is 0 Å². The molecule has 6 heteroatoms. The van der Waals surface area contributed by atoms with Gasteiger partial charge in [0.2, 0.25) is 0 Å². The van der Waals surface area contributed by atoms with E-state index in [4.69, 9.17) is 23.2 Å². The van der Waals surface area contributed by atoms with Gasteiger partial charge in [0, 0.05) is 12.1 Å². The Hall–Kier alpha value is -2.04. The minimum Gasteiger partial charge on any atom is -0.349 e. The van der Waals surface area contributed by atoms with Crippen molar-refractivity contribution in [2.75, 3.05) is 0 Å². The molecule has 1 saturated carbocycles. The van der Waals surface area contributed by atoms with Crippen molar-refractivity contribution in [3.63, 3.8) is 0 Å². The summed E-state index contributed by atoms with van der Waals surface area (Å²) in [5.74, 6) is -0.307. The molecular formula is C20H20Cl2N2O2. The van der Waals surface area contributed by atoms with Crippen molar-refractivity contribution in [3.8, 4) is 0 Å². The Balaban J connectivity index is 1.50. The molecule has 0 saturated heterocycles. The fourth-order valence-corrected chi connectivity index (χ4v) is 3.64. The monoisotopic (exact) mass is 390 g/mol. The second kappa shape index (κ2) is 8.56. The largest absolute Gasteiger partial charge is 0.349 e. The van der Waals surface area contributed by atoms with Crippen LogP contribution in [0.2, 0.25) is 10.0 Å². The number of benzene rings is 2. The highest BCUT2D eigenvalue weighted by Crippen LogP contribution is 2.22. The number of carbonyl (C=O) groups is 2. The van der Waals surface area contributed by atoms with E-state index in [1.54, 1.807) is 48.5 Å². The molecule has 0 aliphatic heterocycles. The van der Waals surface area contributed by atoms with Crippen LogP contribution in [-0.2, 0) is 0 Å². The van der Waals surface area contributed by atoms with Crippen molar-refractivity contribution in [1.29, 1.82) is 0 Å². The summed E-state index contributed by atoms with van der Waals surface area (Å²) in [6.07, 6.45) is 3.24. The van der Waals surface area contributed by atoms with Crippen LogP contribution in [0.25, 0.3) is 0 Å². The highest BCUT2D eigenvalue weighted by Gasteiger charge is 2.25. The van der Waals surface area contributed by atoms with Gasteiger partial charge in [-0.25, -0.2) is 0 Å². The molecule has 136 valence electrons. The Bertz CT molecular complexity index is 734. The van der Waals surface area contributed by atoms with Crippen molar-refractivity contribution in [2.45, 2.75) is 37.8 Å². The van der Waals surface area contributed by atoms with Gasteiger partial charge >= 0.3 is 0 Å². The van der Waals surface area contributed by atoms with Gasteiger partial charge in [0.25, 0.3) is 11.8 Å². The first kappa shape index (κ1) is 18.7. The molecule has 2 aromatic carbocycles. The van der Waals surface area contributed by atoms with Crippen LogP contribution < -0.4 is 10.6 Å². The third kappa shape index (κ3) is 4.57. The van der Waals surface area contributed by atoms with Crippen LogP contribution in [0.3, 0.4) is 0 Å². The maximum absolute atomic E-state index is 12.3. The molecule has 0 unspecified atom stereocenters. The fourth-order valence-electron chi connectivity index (χ4n) is 3.20. The number of carbonyl (C=O) groups excluding carboxylic acids is 2. The van der Waals surface area contributed by atoms with Gasteiger partial charge in [0.05, 0.1) is 21.2 Å². The Kier molecular flexibility index (Phi) is 6.17. The summed E-state index contributed by atoms with van der Waals surface area (Å²) < 4.78 is 0. The van der Waals surface area contributed by atoms with E-state index in [-0.39, 0.29) is 23.9 Å². The van der Waals surface area contributed by atoms with Crippen LogP contribution in [-0.4, -0.2) is 23.9 Å². The summed E-state index contributed by atoms with van der Waals surface area (Å²) in [5.41, 5.74) is 0.978. The number of halogens is 2. The van der Waals surface area contributed by atoms with Crippen LogP contribution in [0, 0.1) is 0 Å². The number of rotatable bonds is 4. The van der Waals surface area contributed by atoms with Gasteiger partial charge in [0.15, 0.2) is 0 Å². The predicted molar refractivity (Wildman–Crippen MR) is 104 cm³/mol. The molecule has 3 rings (SSSR count). The molecule has 1 aliphatic rings. The first-order valence-electron chi connectivity index (χ1n) is 8.65. The molecule has 4 nitrogen and oxygen atoms in total. The maximum atomic E-state index is 12.3. The summed E-state index contributed by atoms with van der Waals surface area (Å²) in [7, 11) is 0. The number of nitrogens with one attached hydrogen (secondary N) is 2. The molecule has 1 fully saturated rings. The third-order valence-corrected chi connectivity index (χ3v) is 5.29. The van der Waals surface area contributed by atoms with Crippen LogP contribution in [0.4, 0.5) is 0 Å². The second-order valence-electron chi connectivity index (χ2n) is 6.46. The highest BCUT2D eigenvalue weighted by atomic mass is 35.5. The molecule has 26 heavy (non-hydrogen) atoms. The van der Waals surface area contributed by atoms with Gasteiger partial charge in [0.1, 0.15) is 0 Å². The normalized spacial score (nSPS) is 19.6. The molecule has 0 radical (unpaired) electrons. The zero-order valence-electron chi connectivity index (χ0n) is 14.2. The van der Waals surface area contributed by atoms with E-state index in [0.717, 1.165) is 25.7 Å². The quantitative estimate of drug-likeness (QED) is 0.808. The summed E-state index contributed by atoms with van der Waals surface area (Å²) >= 11 is 12.1. The van der Waals surface area contributed by atoms with Crippen LogP contribution in [0.15, 0.2) is 48.5 Å². The number of hydrogen-bond acceptors (Lipinski definition) is 2. The minimum absolute atomic E-state index is 0.0900. The summed E-state index contributed by atoms with van der Waals surface area (Å²) in [6.45, 7) is 0. The Morgan fingerprint density at radius 2 is 1.04 bits per heavy atom. The summed E-state index contributed by atoms with van der Waals surface area (Å²) in [4.78, 5) is 24.7. The van der Waals surface area contributed by atoms with E-state index < -0.39 is 0 Å². The van der Waals surface area contributed by atoms with E-state index in [1.165, 1.54) is 0 Å². The van der Waals surface area contributed by atoms with Crippen LogP contribution in [0.5, 0.6) is 0 Å². The topological polar surface area (TPSA) is 58.2 Å². The molecule has 1 aliphatic carbocycles. The van der Waals surface area contributed by atoms with Crippen molar-refractivity contribution in [1.82, 2.24) is 10.6 Å². The lowest BCUT2D eigenvalue weighted by Gasteiger charge is -2.29. The number of hydrogen-bond donors (Lipinski definition) is 2. The Labute approximate surface area is 162 Å². The second-order valence-corrected chi connectivity index (χ2v) is 7.27. The molecular weight excluding hydrogens is 371 g/mol. The average Bonchev–Trinajstić information content (AvgIpc) is 2.64. The Morgan fingerprint density at radius 1 is 0.692 bits per heavy atom. The van der Waals surface area contributed by atoms with E-state index in [2.05, 4.69) is 10.6 Å². The van der Waals surface area contributed by atoms with Crippen LogP contribution >= 0.6 is 23.2 Å². The van der Waals surface area contributed by atoms with Gasteiger partial charge in [-0.05, 0) is 49.9 Å².